The second-order valence-corrected chi connectivity index (χ2v) is 6.72. The number of benzene rings is 1. The van der Waals surface area contributed by atoms with Crippen molar-refractivity contribution >= 4 is 30.7 Å². The topological polar surface area (TPSA) is 44.4 Å². The molecule has 3 unspecified atom stereocenters. The molecule has 2 aliphatic heterocycles. The minimum Gasteiger partial charge on any atom is -0.353 e. The van der Waals surface area contributed by atoms with Crippen molar-refractivity contribution in [2.45, 2.75) is 44.8 Å². The molecule has 3 rings (SSSR count). The summed E-state index contributed by atoms with van der Waals surface area (Å²) >= 11 is 0. The Morgan fingerprint density at radius 2 is 2.00 bits per heavy atom. The molecule has 24 heavy (non-hydrogen) atoms. The molecule has 1 aromatic carbocycles. The molecular formula is C18H29Cl2N3O. The van der Waals surface area contributed by atoms with Crippen LogP contribution in [-0.2, 0) is 11.3 Å². The molecule has 0 saturated carbocycles. The Morgan fingerprint density at radius 1 is 1.25 bits per heavy atom. The third-order valence-corrected chi connectivity index (χ3v) is 5.02. The monoisotopic (exact) mass is 373 g/mol. The maximum Gasteiger partial charge on any atom is 0.224 e. The molecule has 1 amide bonds. The first-order valence-corrected chi connectivity index (χ1v) is 8.51. The smallest absolute Gasteiger partial charge is 0.224 e. The van der Waals surface area contributed by atoms with Gasteiger partial charge in [0.05, 0.1) is 5.92 Å². The van der Waals surface area contributed by atoms with Crippen molar-refractivity contribution in [2.24, 2.45) is 5.92 Å². The molecule has 2 aliphatic rings. The highest BCUT2D eigenvalue weighted by atomic mass is 35.5. The van der Waals surface area contributed by atoms with E-state index >= 15 is 0 Å². The second-order valence-electron chi connectivity index (χ2n) is 6.72. The van der Waals surface area contributed by atoms with Gasteiger partial charge in [-0.2, -0.15) is 0 Å². The summed E-state index contributed by atoms with van der Waals surface area (Å²) in [5, 5.41) is 6.53. The average Bonchev–Trinajstić information content (AvgIpc) is 3.05. The van der Waals surface area contributed by atoms with E-state index in [2.05, 4.69) is 52.8 Å². The number of piperidine rings is 1. The van der Waals surface area contributed by atoms with Gasteiger partial charge in [-0.05, 0) is 38.3 Å². The Bertz CT molecular complexity index is 494. The third-order valence-electron chi connectivity index (χ3n) is 5.02. The summed E-state index contributed by atoms with van der Waals surface area (Å²) < 4.78 is 0. The summed E-state index contributed by atoms with van der Waals surface area (Å²) in [6, 6.07) is 11.5. The number of nitrogens with one attached hydrogen (secondary N) is 2. The molecule has 4 nitrogen and oxygen atoms in total. The predicted molar refractivity (Wildman–Crippen MR) is 103 cm³/mol. The van der Waals surface area contributed by atoms with Crippen molar-refractivity contribution in [2.75, 3.05) is 19.6 Å². The van der Waals surface area contributed by atoms with Crippen LogP contribution in [0.15, 0.2) is 30.3 Å². The first-order valence-electron chi connectivity index (χ1n) is 8.51. The highest BCUT2D eigenvalue weighted by molar-refractivity contribution is 5.85. The lowest BCUT2D eigenvalue weighted by atomic mass is 9.96. The molecular weight excluding hydrogens is 345 g/mol. The number of hydrogen-bond donors (Lipinski definition) is 2. The largest absolute Gasteiger partial charge is 0.353 e. The summed E-state index contributed by atoms with van der Waals surface area (Å²) in [5.41, 5.74) is 1.37. The van der Waals surface area contributed by atoms with E-state index in [0.29, 0.717) is 12.1 Å². The second kappa shape index (κ2) is 10.2. The van der Waals surface area contributed by atoms with Crippen molar-refractivity contribution in [1.29, 1.82) is 0 Å². The summed E-state index contributed by atoms with van der Waals surface area (Å²) in [5.74, 6) is 0.427. The van der Waals surface area contributed by atoms with Crippen molar-refractivity contribution in [3.8, 4) is 0 Å². The van der Waals surface area contributed by atoms with E-state index in [1.54, 1.807) is 0 Å². The Balaban J connectivity index is 0.00000144. The van der Waals surface area contributed by atoms with Gasteiger partial charge in [-0.15, -0.1) is 24.8 Å². The molecule has 136 valence electrons. The number of halogens is 2. The standard InChI is InChI=1S/C18H27N3O.2ClH/c1-14-11-17(20-18(22)16-7-9-19-12-16)8-10-21(14)13-15-5-3-2-4-6-15;;/h2-6,14,16-17,19H,7-13H2,1H3,(H,20,22);2*1H. The molecule has 2 heterocycles. The SMILES string of the molecule is CC1CC(NC(=O)C2CCNC2)CCN1Cc1ccccc1.Cl.Cl. The molecule has 2 N–H and O–H groups in total. The number of carbonyl (C=O) groups excluding carboxylic acids is 1. The fraction of sp³-hybridized carbons (Fsp3) is 0.611. The maximum atomic E-state index is 12.2. The van der Waals surface area contributed by atoms with Crippen molar-refractivity contribution < 1.29 is 4.79 Å². The van der Waals surface area contributed by atoms with Gasteiger partial charge in [0, 0.05) is 31.7 Å². The van der Waals surface area contributed by atoms with Crippen LogP contribution in [0.5, 0.6) is 0 Å². The zero-order chi connectivity index (χ0) is 15.4. The Kier molecular flexibility index (Phi) is 9.06. The highest BCUT2D eigenvalue weighted by Gasteiger charge is 2.29. The molecule has 6 heteroatoms. The Morgan fingerprint density at radius 3 is 2.62 bits per heavy atom. The first kappa shape index (κ1) is 21.2. The molecule has 0 bridgehead atoms. The minimum absolute atomic E-state index is 0. The number of hydrogen-bond acceptors (Lipinski definition) is 3. The van der Waals surface area contributed by atoms with Gasteiger partial charge in [-0.1, -0.05) is 30.3 Å². The number of nitrogens with zero attached hydrogens (tertiary/aromatic N) is 1. The van der Waals surface area contributed by atoms with E-state index in [1.807, 2.05) is 0 Å². The van der Waals surface area contributed by atoms with Crippen LogP contribution in [0.2, 0.25) is 0 Å². The summed E-state index contributed by atoms with van der Waals surface area (Å²) in [4.78, 5) is 14.8. The van der Waals surface area contributed by atoms with Gasteiger partial charge in [0.15, 0.2) is 0 Å². The fourth-order valence-electron chi connectivity index (χ4n) is 3.60. The first-order chi connectivity index (χ1) is 10.7. The molecule has 0 spiro atoms. The molecule has 0 aliphatic carbocycles. The molecule has 1 aromatic rings. The molecule has 3 atom stereocenters. The van der Waals surface area contributed by atoms with Crippen molar-refractivity contribution in [1.82, 2.24) is 15.5 Å². The van der Waals surface area contributed by atoms with Crippen molar-refractivity contribution in [3.05, 3.63) is 35.9 Å². The van der Waals surface area contributed by atoms with E-state index < -0.39 is 0 Å². The lowest BCUT2D eigenvalue weighted by Gasteiger charge is -2.38. The van der Waals surface area contributed by atoms with Gasteiger partial charge in [-0.25, -0.2) is 0 Å². The number of amides is 1. The van der Waals surface area contributed by atoms with Gasteiger partial charge in [0.1, 0.15) is 0 Å². The lowest BCUT2D eigenvalue weighted by Crippen LogP contribution is -2.49. The summed E-state index contributed by atoms with van der Waals surface area (Å²) in [6.45, 7) is 6.16. The summed E-state index contributed by atoms with van der Waals surface area (Å²) in [6.07, 6.45) is 3.09. The number of likely N-dealkylation sites (tertiary alicyclic amines) is 1. The van der Waals surface area contributed by atoms with Crippen LogP contribution in [-0.4, -0.2) is 42.5 Å². The van der Waals surface area contributed by atoms with Crippen LogP contribution in [0.25, 0.3) is 0 Å². The van der Waals surface area contributed by atoms with Crippen LogP contribution in [0, 0.1) is 5.92 Å². The van der Waals surface area contributed by atoms with E-state index in [9.17, 15) is 4.79 Å². The average molecular weight is 374 g/mol. The highest BCUT2D eigenvalue weighted by Crippen LogP contribution is 2.20. The molecule has 2 fully saturated rings. The maximum absolute atomic E-state index is 12.2. The lowest BCUT2D eigenvalue weighted by molar-refractivity contribution is -0.125. The number of rotatable bonds is 4. The zero-order valence-corrected chi connectivity index (χ0v) is 15.9. The predicted octanol–water partition coefficient (Wildman–Crippen LogP) is 2.61. The normalized spacial score (nSPS) is 27.0. The van der Waals surface area contributed by atoms with E-state index in [0.717, 1.165) is 45.4 Å². The van der Waals surface area contributed by atoms with Gasteiger partial charge >= 0.3 is 0 Å². The third kappa shape index (κ3) is 5.62. The molecule has 2 saturated heterocycles. The number of carbonyl (C=O) groups is 1. The van der Waals surface area contributed by atoms with E-state index in [-0.39, 0.29) is 36.6 Å². The van der Waals surface area contributed by atoms with Gasteiger partial charge in [0.2, 0.25) is 5.91 Å². The van der Waals surface area contributed by atoms with Gasteiger partial charge in [-0.3, -0.25) is 9.69 Å². The van der Waals surface area contributed by atoms with Crippen LogP contribution in [0.4, 0.5) is 0 Å². The van der Waals surface area contributed by atoms with E-state index in [1.165, 1.54) is 5.56 Å². The quantitative estimate of drug-likeness (QED) is 0.852. The Hall–Kier alpha value is -0.810. The molecule has 0 aromatic heterocycles. The minimum atomic E-state index is 0. The zero-order valence-electron chi connectivity index (χ0n) is 14.2. The molecule has 0 radical (unpaired) electrons. The summed E-state index contributed by atoms with van der Waals surface area (Å²) in [7, 11) is 0. The van der Waals surface area contributed by atoms with Crippen LogP contribution in [0.3, 0.4) is 0 Å². The fourth-order valence-corrected chi connectivity index (χ4v) is 3.60. The van der Waals surface area contributed by atoms with Crippen LogP contribution in [0.1, 0.15) is 31.7 Å². The Labute approximate surface area is 157 Å². The van der Waals surface area contributed by atoms with Gasteiger partial charge in [0.25, 0.3) is 0 Å². The van der Waals surface area contributed by atoms with E-state index in [4.69, 9.17) is 0 Å². The van der Waals surface area contributed by atoms with Crippen LogP contribution < -0.4 is 10.6 Å². The van der Waals surface area contributed by atoms with Gasteiger partial charge < -0.3 is 10.6 Å². The van der Waals surface area contributed by atoms with Crippen LogP contribution >= 0.6 is 24.8 Å². The van der Waals surface area contributed by atoms with Crippen molar-refractivity contribution in [3.63, 3.8) is 0 Å².